The Morgan fingerprint density at radius 1 is 1.42 bits per heavy atom. The summed E-state index contributed by atoms with van der Waals surface area (Å²) in [5.41, 5.74) is 0. The topological polar surface area (TPSA) is 46.0 Å². The van der Waals surface area contributed by atoms with Crippen LogP contribution >= 0.6 is 34.6 Å². The van der Waals surface area contributed by atoms with E-state index < -0.39 is 0 Å². The number of thiophene rings is 1. The highest BCUT2D eigenvalue weighted by molar-refractivity contribution is 8.00. The largest absolute Gasteiger partial charge is 0.395 e. The lowest BCUT2D eigenvalue weighted by Crippen LogP contribution is -1.81. The number of hydrogen-bond donors (Lipinski definition) is 1. The number of aliphatic hydroxyl groups is 1. The number of thioether (sulfide) groups is 1. The summed E-state index contributed by atoms with van der Waals surface area (Å²) in [4.78, 5) is 6.77. The number of hydrogen-bond acceptors (Lipinski definition) is 6. The van der Waals surface area contributed by atoms with Crippen molar-refractivity contribution in [2.75, 3.05) is 6.61 Å². The molecule has 0 saturated carbocycles. The molecule has 3 nitrogen and oxygen atoms in total. The van der Waals surface area contributed by atoms with Crippen LogP contribution < -0.4 is 0 Å². The molecule has 100 valence electrons. The zero-order chi connectivity index (χ0) is 13.5. The van der Waals surface area contributed by atoms with Crippen LogP contribution in [0.25, 0.3) is 0 Å². The SMILES string of the molecule is CCc1nsc(SCc2ccc(C#CCCO)s2)n1. The van der Waals surface area contributed by atoms with Crippen LogP contribution in [0.5, 0.6) is 0 Å². The molecule has 2 aromatic rings. The average molecular weight is 310 g/mol. The van der Waals surface area contributed by atoms with Gasteiger partial charge in [0.2, 0.25) is 0 Å². The second-order valence-electron chi connectivity index (χ2n) is 3.66. The van der Waals surface area contributed by atoms with Gasteiger partial charge in [-0.2, -0.15) is 4.37 Å². The molecule has 0 amide bonds. The first-order valence-electron chi connectivity index (χ1n) is 5.95. The minimum Gasteiger partial charge on any atom is -0.395 e. The van der Waals surface area contributed by atoms with Crippen LogP contribution in [0.2, 0.25) is 0 Å². The standard InChI is InChI=1S/C13H14N2OS3/c1-2-12-14-13(19-15-12)17-9-11-7-6-10(18-11)5-3-4-8-16/h6-7,16H,2,4,8-9H2,1H3. The molecule has 2 rings (SSSR count). The van der Waals surface area contributed by atoms with E-state index in [0.717, 1.165) is 27.2 Å². The highest BCUT2D eigenvalue weighted by Crippen LogP contribution is 2.27. The minimum atomic E-state index is 0.123. The summed E-state index contributed by atoms with van der Waals surface area (Å²) in [6.07, 6.45) is 1.42. The Bertz CT molecular complexity index is 580. The predicted molar refractivity (Wildman–Crippen MR) is 81.7 cm³/mol. The van der Waals surface area contributed by atoms with Gasteiger partial charge in [-0.15, -0.1) is 11.3 Å². The summed E-state index contributed by atoms with van der Waals surface area (Å²) in [5, 5.41) is 8.67. The van der Waals surface area contributed by atoms with Crippen LogP contribution in [0.1, 0.15) is 28.9 Å². The number of aryl methyl sites for hydroxylation is 1. The minimum absolute atomic E-state index is 0.123. The fourth-order valence-electron chi connectivity index (χ4n) is 1.30. The van der Waals surface area contributed by atoms with E-state index >= 15 is 0 Å². The van der Waals surface area contributed by atoms with Crippen molar-refractivity contribution in [3.05, 3.63) is 27.7 Å². The number of rotatable bonds is 5. The molecule has 1 N–H and O–H groups in total. The number of aliphatic hydroxyl groups excluding tert-OH is 1. The lowest BCUT2D eigenvalue weighted by molar-refractivity contribution is 0.305. The number of aromatic nitrogens is 2. The van der Waals surface area contributed by atoms with Crippen molar-refractivity contribution in [3.8, 4) is 11.8 Å². The second-order valence-corrected chi connectivity index (χ2v) is 6.80. The van der Waals surface area contributed by atoms with Crippen LogP contribution in [0.4, 0.5) is 0 Å². The first-order chi connectivity index (χ1) is 9.31. The van der Waals surface area contributed by atoms with E-state index in [-0.39, 0.29) is 6.61 Å². The summed E-state index contributed by atoms with van der Waals surface area (Å²) in [7, 11) is 0. The normalized spacial score (nSPS) is 10.2. The van der Waals surface area contributed by atoms with E-state index in [2.05, 4.69) is 34.2 Å². The molecule has 0 aliphatic carbocycles. The molecule has 19 heavy (non-hydrogen) atoms. The third kappa shape index (κ3) is 4.62. The van der Waals surface area contributed by atoms with Gasteiger partial charge in [0.1, 0.15) is 5.82 Å². The Morgan fingerprint density at radius 3 is 3.05 bits per heavy atom. The summed E-state index contributed by atoms with van der Waals surface area (Å²) in [5.74, 6) is 7.82. The molecular weight excluding hydrogens is 296 g/mol. The fraction of sp³-hybridized carbons (Fsp3) is 0.385. The molecule has 0 saturated heterocycles. The highest BCUT2D eigenvalue weighted by atomic mass is 32.2. The van der Waals surface area contributed by atoms with E-state index in [1.165, 1.54) is 16.4 Å². The summed E-state index contributed by atoms with van der Waals surface area (Å²) in [6.45, 7) is 2.19. The van der Waals surface area contributed by atoms with Gasteiger partial charge in [-0.3, -0.25) is 0 Å². The molecule has 0 atom stereocenters. The smallest absolute Gasteiger partial charge is 0.170 e. The molecule has 0 unspecified atom stereocenters. The second kappa shape index (κ2) is 7.65. The van der Waals surface area contributed by atoms with Gasteiger partial charge >= 0.3 is 0 Å². The van der Waals surface area contributed by atoms with Crippen LogP contribution in [0, 0.1) is 11.8 Å². The average Bonchev–Trinajstić information content (AvgIpc) is 3.05. The Hall–Kier alpha value is -0.870. The van der Waals surface area contributed by atoms with E-state index in [1.807, 2.05) is 6.07 Å². The van der Waals surface area contributed by atoms with E-state index in [4.69, 9.17) is 5.11 Å². The van der Waals surface area contributed by atoms with Crippen molar-refractivity contribution in [1.29, 1.82) is 0 Å². The van der Waals surface area contributed by atoms with Crippen LogP contribution in [-0.2, 0) is 12.2 Å². The van der Waals surface area contributed by atoms with E-state index in [0.29, 0.717) is 6.42 Å². The van der Waals surface area contributed by atoms with E-state index in [1.54, 1.807) is 23.1 Å². The molecule has 0 aliphatic rings. The first kappa shape index (κ1) is 14.5. The Labute approximate surface area is 125 Å². The van der Waals surface area contributed by atoms with Gasteiger partial charge in [0.25, 0.3) is 0 Å². The van der Waals surface area contributed by atoms with Gasteiger partial charge in [-0.05, 0) is 23.7 Å². The Balaban J connectivity index is 1.88. The van der Waals surface area contributed by atoms with Crippen LogP contribution in [-0.4, -0.2) is 21.1 Å². The lowest BCUT2D eigenvalue weighted by Gasteiger charge is -1.92. The maximum atomic E-state index is 8.67. The van der Waals surface area contributed by atoms with Gasteiger partial charge < -0.3 is 5.11 Å². The predicted octanol–water partition coefficient (Wildman–Crippen LogP) is 3.19. The maximum absolute atomic E-state index is 8.67. The molecule has 6 heteroatoms. The van der Waals surface area contributed by atoms with Crippen molar-refractivity contribution in [3.63, 3.8) is 0 Å². The maximum Gasteiger partial charge on any atom is 0.170 e. The van der Waals surface area contributed by atoms with Crippen molar-refractivity contribution in [2.24, 2.45) is 0 Å². The van der Waals surface area contributed by atoms with Gasteiger partial charge in [0.15, 0.2) is 4.34 Å². The van der Waals surface area contributed by atoms with E-state index in [9.17, 15) is 0 Å². The molecule has 0 radical (unpaired) electrons. The Morgan fingerprint density at radius 2 is 2.32 bits per heavy atom. The quantitative estimate of drug-likeness (QED) is 0.680. The molecule has 0 aliphatic heterocycles. The Kier molecular flexibility index (Phi) is 5.86. The summed E-state index contributed by atoms with van der Waals surface area (Å²) < 4.78 is 5.30. The third-order valence-electron chi connectivity index (χ3n) is 2.21. The monoisotopic (exact) mass is 310 g/mol. The van der Waals surface area contributed by atoms with Crippen LogP contribution in [0.3, 0.4) is 0 Å². The molecular formula is C13H14N2OS3. The lowest BCUT2D eigenvalue weighted by atomic mass is 10.4. The summed E-state index contributed by atoms with van der Waals surface area (Å²) >= 11 is 4.88. The molecule has 0 aromatic carbocycles. The third-order valence-corrected chi connectivity index (χ3v) is 5.32. The molecule has 2 heterocycles. The van der Waals surface area contributed by atoms with Gasteiger partial charge in [-0.1, -0.05) is 30.5 Å². The van der Waals surface area contributed by atoms with Gasteiger partial charge in [0.05, 0.1) is 11.5 Å². The molecule has 0 spiro atoms. The van der Waals surface area contributed by atoms with Crippen molar-refractivity contribution < 1.29 is 5.11 Å². The van der Waals surface area contributed by atoms with Crippen molar-refractivity contribution in [2.45, 2.75) is 29.9 Å². The van der Waals surface area contributed by atoms with Gasteiger partial charge in [0, 0.05) is 23.5 Å². The van der Waals surface area contributed by atoms with Crippen LogP contribution in [0.15, 0.2) is 16.5 Å². The van der Waals surface area contributed by atoms with Gasteiger partial charge in [-0.25, -0.2) is 4.98 Å². The number of nitrogens with zero attached hydrogens (tertiary/aromatic N) is 2. The molecule has 2 aromatic heterocycles. The molecule has 0 bridgehead atoms. The first-order valence-corrected chi connectivity index (χ1v) is 8.53. The summed E-state index contributed by atoms with van der Waals surface area (Å²) in [6, 6.07) is 4.13. The van der Waals surface area contributed by atoms with Crippen molar-refractivity contribution in [1.82, 2.24) is 9.36 Å². The van der Waals surface area contributed by atoms with Crippen molar-refractivity contribution >= 4 is 34.6 Å². The highest BCUT2D eigenvalue weighted by Gasteiger charge is 2.04. The zero-order valence-electron chi connectivity index (χ0n) is 10.5. The molecule has 0 fully saturated rings. The fourth-order valence-corrected chi connectivity index (χ4v) is 3.92. The zero-order valence-corrected chi connectivity index (χ0v) is 13.0.